The molecule has 0 aromatic carbocycles. The van der Waals surface area contributed by atoms with Crippen molar-refractivity contribution in [2.24, 2.45) is 0 Å². The highest BCUT2D eigenvalue weighted by Crippen LogP contribution is 2.18. The van der Waals surface area contributed by atoms with E-state index in [-0.39, 0.29) is 0 Å². The van der Waals surface area contributed by atoms with Crippen LogP contribution in [0.1, 0.15) is 47.5 Å². The minimum Gasteiger partial charge on any atom is -0.397 e. The summed E-state index contributed by atoms with van der Waals surface area (Å²) in [4.78, 5) is 2.48. The van der Waals surface area contributed by atoms with E-state index in [1.54, 1.807) is 0 Å². The third-order valence-electron chi connectivity index (χ3n) is 3.15. The van der Waals surface area contributed by atoms with Crippen molar-refractivity contribution in [3.8, 4) is 0 Å². The van der Waals surface area contributed by atoms with Crippen LogP contribution in [0.15, 0.2) is 0 Å². The molecule has 0 aliphatic carbocycles. The summed E-state index contributed by atoms with van der Waals surface area (Å²) in [6, 6.07) is 0. The molecular formula is C13H31NO2Si. The SMILES string of the molecule is CCO[SiH](OCC)C(C)CCCN(CC)CC. The zero-order valence-electron chi connectivity index (χ0n) is 12.4. The second-order valence-corrected chi connectivity index (χ2v) is 6.97. The average molecular weight is 261 g/mol. The Morgan fingerprint density at radius 2 is 1.53 bits per heavy atom. The van der Waals surface area contributed by atoms with Gasteiger partial charge < -0.3 is 13.8 Å². The monoisotopic (exact) mass is 261 g/mol. The van der Waals surface area contributed by atoms with E-state index in [1.165, 1.54) is 19.4 Å². The van der Waals surface area contributed by atoms with Crippen molar-refractivity contribution >= 4 is 9.28 Å². The molecule has 0 fully saturated rings. The van der Waals surface area contributed by atoms with Crippen molar-refractivity contribution in [2.45, 2.75) is 53.0 Å². The summed E-state index contributed by atoms with van der Waals surface area (Å²) >= 11 is 0. The maximum absolute atomic E-state index is 5.76. The van der Waals surface area contributed by atoms with Crippen LogP contribution in [0.5, 0.6) is 0 Å². The molecule has 4 heteroatoms. The maximum Gasteiger partial charge on any atom is 0.324 e. The first-order chi connectivity index (χ1) is 8.19. The van der Waals surface area contributed by atoms with Gasteiger partial charge in [0.2, 0.25) is 0 Å². The summed E-state index contributed by atoms with van der Waals surface area (Å²) in [7, 11) is -1.43. The highest BCUT2D eigenvalue weighted by Gasteiger charge is 2.21. The van der Waals surface area contributed by atoms with Gasteiger partial charge in [0.05, 0.1) is 0 Å². The molecule has 0 heterocycles. The van der Waals surface area contributed by atoms with Gasteiger partial charge in [-0.25, -0.2) is 0 Å². The van der Waals surface area contributed by atoms with E-state index in [1.807, 2.05) is 0 Å². The molecule has 104 valence electrons. The second-order valence-electron chi connectivity index (χ2n) is 4.43. The van der Waals surface area contributed by atoms with Gasteiger partial charge in [0.25, 0.3) is 0 Å². The zero-order chi connectivity index (χ0) is 13.1. The molecule has 0 aliphatic rings. The van der Waals surface area contributed by atoms with Gasteiger partial charge in [-0.1, -0.05) is 20.8 Å². The summed E-state index contributed by atoms with van der Waals surface area (Å²) in [6.07, 6.45) is 2.49. The van der Waals surface area contributed by atoms with Crippen LogP contribution in [0.4, 0.5) is 0 Å². The number of nitrogens with zero attached hydrogens (tertiary/aromatic N) is 1. The Morgan fingerprint density at radius 3 is 1.94 bits per heavy atom. The molecule has 0 aromatic rings. The summed E-state index contributed by atoms with van der Waals surface area (Å²) in [5.41, 5.74) is 0.616. The molecule has 0 aliphatic heterocycles. The van der Waals surface area contributed by atoms with Gasteiger partial charge in [-0.2, -0.15) is 0 Å². The highest BCUT2D eigenvalue weighted by molar-refractivity contribution is 6.46. The van der Waals surface area contributed by atoms with Crippen LogP contribution in [0.3, 0.4) is 0 Å². The van der Waals surface area contributed by atoms with Crippen molar-refractivity contribution in [3.63, 3.8) is 0 Å². The molecule has 0 radical (unpaired) electrons. The molecule has 0 amide bonds. The molecule has 0 N–H and O–H groups in total. The van der Waals surface area contributed by atoms with E-state index >= 15 is 0 Å². The lowest BCUT2D eigenvalue weighted by molar-refractivity contribution is 0.202. The molecule has 1 unspecified atom stereocenters. The Morgan fingerprint density at radius 1 is 1.00 bits per heavy atom. The van der Waals surface area contributed by atoms with Crippen molar-refractivity contribution < 1.29 is 8.85 Å². The Bertz CT molecular complexity index is 159. The molecule has 0 rings (SSSR count). The van der Waals surface area contributed by atoms with Gasteiger partial charge in [0.15, 0.2) is 0 Å². The maximum atomic E-state index is 5.76. The highest BCUT2D eigenvalue weighted by atomic mass is 28.3. The first-order valence-corrected chi connectivity index (χ1v) is 8.75. The van der Waals surface area contributed by atoms with Gasteiger partial charge in [-0.15, -0.1) is 0 Å². The predicted molar refractivity (Wildman–Crippen MR) is 76.8 cm³/mol. The first kappa shape index (κ1) is 17.1. The van der Waals surface area contributed by atoms with E-state index in [9.17, 15) is 0 Å². The van der Waals surface area contributed by atoms with Crippen molar-refractivity contribution in [1.29, 1.82) is 0 Å². The molecule has 0 saturated heterocycles. The molecule has 0 saturated carbocycles. The predicted octanol–water partition coefficient (Wildman–Crippen LogP) is 2.79. The third-order valence-corrected chi connectivity index (χ3v) is 5.74. The molecule has 1 atom stereocenters. The molecule has 17 heavy (non-hydrogen) atoms. The number of rotatable bonds is 11. The van der Waals surface area contributed by atoms with Crippen molar-refractivity contribution in [3.05, 3.63) is 0 Å². The minimum atomic E-state index is -1.43. The Balaban J connectivity index is 3.83. The van der Waals surface area contributed by atoms with Crippen molar-refractivity contribution in [2.75, 3.05) is 32.8 Å². The fourth-order valence-electron chi connectivity index (χ4n) is 2.02. The molecule has 0 spiro atoms. The topological polar surface area (TPSA) is 21.7 Å². The van der Waals surface area contributed by atoms with Gasteiger partial charge >= 0.3 is 9.28 Å². The zero-order valence-corrected chi connectivity index (χ0v) is 13.5. The first-order valence-electron chi connectivity index (χ1n) is 7.14. The minimum absolute atomic E-state index is 0.616. The standard InChI is InChI=1S/C13H31NO2Si/c1-6-14(7-2)12-10-11-13(5)17(15-8-3)16-9-4/h13,17H,6-12H2,1-5H3. The molecule has 3 nitrogen and oxygen atoms in total. The van der Waals surface area contributed by atoms with Gasteiger partial charge in [-0.3, -0.25) is 0 Å². The van der Waals surface area contributed by atoms with E-state index in [0.29, 0.717) is 5.54 Å². The third kappa shape index (κ3) is 7.92. The van der Waals surface area contributed by atoms with Gasteiger partial charge in [0, 0.05) is 13.2 Å². The smallest absolute Gasteiger partial charge is 0.324 e. The Kier molecular flexibility index (Phi) is 11.3. The lowest BCUT2D eigenvalue weighted by atomic mass is 10.2. The van der Waals surface area contributed by atoms with E-state index < -0.39 is 9.28 Å². The van der Waals surface area contributed by atoms with Gasteiger partial charge in [0.1, 0.15) is 0 Å². The number of hydrogen-bond donors (Lipinski definition) is 0. The van der Waals surface area contributed by atoms with Crippen LogP contribution < -0.4 is 0 Å². The lowest BCUT2D eigenvalue weighted by Gasteiger charge is -2.23. The van der Waals surface area contributed by atoms with E-state index in [4.69, 9.17) is 8.85 Å². The summed E-state index contributed by atoms with van der Waals surface area (Å²) in [6.45, 7) is 15.9. The second kappa shape index (κ2) is 11.2. The fraction of sp³-hybridized carbons (Fsp3) is 1.00. The van der Waals surface area contributed by atoms with Crippen LogP contribution in [-0.2, 0) is 8.85 Å². The quantitative estimate of drug-likeness (QED) is 0.534. The van der Waals surface area contributed by atoms with Gasteiger partial charge in [-0.05, 0) is 51.9 Å². The number of hydrogen-bond acceptors (Lipinski definition) is 3. The molecule has 0 bridgehead atoms. The Labute approximate surface area is 109 Å². The largest absolute Gasteiger partial charge is 0.397 e. The average Bonchev–Trinajstić information content (AvgIpc) is 2.34. The normalized spacial score (nSPS) is 13.6. The lowest BCUT2D eigenvalue weighted by Crippen LogP contribution is -2.29. The Hall–Kier alpha value is 0.0969. The summed E-state index contributed by atoms with van der Waals surface area (Å²) in [5, 5.41) is 0. The van der Waals surface area contributed by atoms with Crippen LogP contribution in [0.2, 0.25) is 5.54 Å². The van der Waals surface area contributed by atoms with E-state index in [0.717, 1.165) is 26.3 Å². The summed E-state index contributed by atoms with van der Waals surface area (Å²) < 4.78 is 11.5. The van der Waals surface area contributed by atoms with Crippen LogP contribution >= 0.6 is 0 Å². The van der Waals surface area contributed by atoms with Crippen LogP contribution in [0, 0.1) is 0 Å². The van der Waals surface area contributed by atoms with Crippen LogP contribution in [0.25, 0.3) is 0 Å². The summed E-state index contributed by atoms with van der Waals surface area (Å²) in [5.74, 6) is 0. The van der Waals surface area contributed by atoms with Crippen LogP contribution in [-0.4, -0.2) is 47.0 Å². The molecular weight excluding hydrogens is 230 g/mol. The van der Waals surface area contributed by atoms with Crippen molar-refractivity contribution in [1.82, 2.24) is 4.90 Å². The van der Waals surface area contributed by atoms with E-state index in [2.05, 4.69) is 39.5 Å². The molecule has 0 aromatic heterocycles. The fourth-order valence-corrected chi connectivity index (χ4v) is 3.94.